The first kappa shape index (κ1) is 31.4. The largest absolute Gasteiger partial charge is 0.480 e. The number of aliphatic hydroxyl groups excluding tert-OH is 2. The van der Waals surface area contributed by atoms with Crippen molar-refractivity contribution in [3.8, 4) is 11.8 Å². The Labute approximate surface area is 242 Å². The van der Waals surface area contributed by atoms with Gasteiger partial charge in [0.05, 0.1) is 12.3 Å². The lowest BCUT2D eigenvalue weighted by Gasteiger charge is -2.33. The average Bonchev–Trinajstić information content (AvgIpc) is 3.51. The number of hydrogen-bond donors (Lipinski definition) is 5. The Balaban J connectivity index is 1.63. The molecule has 15 heteroatoms. The Morgan fingerprint density at radius 2 is 1.98 bits per heavy atom. The molecule has 42 heavy (non-hydrogen) atoms. The summed E-state index contributed by atoms with van der Waals surface area (Å²) in [5.74, 6) is -0.991. The molecule has 0 radical (unpaired) electrons. The predicted molar refractivity (Wildman–Crippen MR) is 150 cm³/mol. The summed E-state index contributed by atoms with van der Waals surface area (Å²) in [6.45, 7) is 4.63. The molecule has 3 aromatic rings. The number of nitrogens with zero attached hydrogens (tertiary/aromatic N) is 4. The number of carboxylic acid groups (broad SMARTS) is 1. The van der Waals surface area contributed by atoms with Gasteiger partial charge in [-0.1, -0.05) is 44.9 Å². The highest BCUT2D eigenvalue weighted by molar-refractivity contribution is 7.52. The molecule has 2 aromatic heterocycles. The van der Waals surface area contributed by atoms with Crippen LogP contribution in [0.5, 0.6) is 5.75 Å². The number of nitrogens with two attached hydrogens (primary N) is 1. The summed E-state index contributed by atoms with van der Waals surface area (Å²) in [6.07, 6.45) is -2.12. The Bertz CT molecular complexity index is 1490. The first-order valence-corrected chi connectivity index (χ1v) is 15.0. The third-order valence-electron chi connectivity index (χ3n) is 7.57. The van der Waals surface area contributed by atoms with Crippen molar-refractivity contribution in [1.29, 1.82) is 5.26 Å². The highest BCUT2D eigenvalue weighted by atomic mass is 31.2. The van der Waals surface area contributed by atoms with E-state index in [0.29, 0.717) is 18.4 Å². The number of nitrogen functional groups attached to an aromatic ring is 1. The van der Waals surface area contributed by atoms with Crippen molar-refractivity contribution in [1.82, 2.24) is 19.7 Å². The minimum absolute atomic E-state index is 0.00451. The quantitative estimate of drug-likeness (QED) is 0.178. The molecule has 0 unspecified atom stereocenters. The zero-order valence-corrected chi connectivity index (χ0v) is 24.3. The third kappa shape index (κ3) is 5.98. The van der Waals surface area contributed by atoms with Gasteiger partial charge in [-0.2, -0.15) is 15.4 Å². The fourth-order valence-corrected chi connectivity index (χ4v) is 6.76. The highest BCUT2D eigenvalue weighted by Gasteiger charge is 2.58. The fraction of sp³-hybridized carbons (Fsp3) is 0.481. The average molecular weight is 603 g/mol. The lowest BCUT2D eigenvalue weighted by Crippen LogP contribution is -2.50. The molecular weight excluding hydrogens is 567 g/mol. The van der Waals surface area contributed by atoms with Gasteiger partial charge in [0.2, 0.25) is 5.60 Å². The minimum atomic E-state index is -4.48. The number of benzene rings is 1. The van der Waals surface area contributed by atoms with Crippen LogP contribution >= 0.6 is 7.75 Å². The number of carbonyl (C=O) groups is 1. The van der Waals surface area contributed by atoms with E-state index in [1.807, 2.05) is 19.9 Å². The number of nitriles is 1. The van der Waals surface area contributed by atoms with E-state index in [2.05, 4.69) is 15.2 Å². The Hall–Kier alpha value is -3.57. The van der Waals surface area contributed by atoms with E-state index in [-0.39, 0.29) is 29.6 Å². The van der Waals surface area contributed by atoms with Crippen LogP contribution in [0.4, 0.5) is 5.82 Å². The number of aliphatic hydroxyl groups is 2. The number of ether oxygens (including phenoxy) is 1. The van der Waals surface area contributed by atoms with E-state index >= 15 is 0 Å². The smallest absolute Gasteiger partial charge is 0.459 e. The SMILES string of the molecule is CCC(CC)C[C@](C)(N[P@](=O)(OC[C@H]1O[C@@](C#N)(c2ccc3c(N)ncnn23)[C@H](O)[C@@H]1O)Oc1ccccc1)C(=O)O. The van der Waals surface area contributed by atoms with Crippen LogP contribution < -0.4 is 15.3 Å². The van der Waals surface area contributed by atoms with Crippen LogP contribution in [0, 0.1) is 17.2 Å². The van der Waals surface area contributed by atoms with E-state index in [1.165, 1.54) is 42.0 Å². The van der Waals surface area contributed by atoms with Gasteiger partial charge >= 0.3 is 13.7 Å². The summed E-state index contributed by atoms with van der Waals surface area (Å²) >= 11 is 0. The maximum Gasteiger partial charge on any atom is 0.459 e. The van der Waals surface area contributed by atoms with Gasteiger partial charge in [-0.3, -0.25) is 9.32 Å². The molecule has 6 atom stereocenters. The topological polar surface area (TPSA) is 215 Å². The second-order valence-corrected chi connectivity index (χ2v) is 12.1. The Morgan fingerprint density at radius 3 is 2.60 bits per heavy atom. The molecule has 4 rings (SSSR count). The molecule has 1 aromatic carbocycles. The molecule has 1 aliphatic rings. The molecule has 3 heterocycles. The number of para-hydroxylation sites is 1. The van der Waals surface area contributed by atoms with Crippen molar-refractivity contribution in [2.75, 3.05) is 12.3 Å². The number of rotatable bonds is 13. The second-order valence-electron chi connectivity index (χ2n) is 10.4. The molecular formula is C27H35N6O8P. The number of anilines is 1. The number of hydrogen-bond acceptors (Lipinski definition) is 11. The molecule has 226 valence electrons. The van der Waals surface area contributed by atoms with Crippen molar-refractivity contribution in [3.05, 3.63) is 54.5 Å². The van der Waals surface area contributed by atoms with Crippen LogP contribution in [0.25, 0.3) is 5.52 Å². The van der Waals surface area contributed by atoms with Gasteiger partial charge in [-0.15, -0.1) is 0 Å². The predicted octanol–water partition coefficient (Wildman–Crippen LogP) is 2.61. The monoisotopic (exact) mass is 602 g/mol. The van der Waals surface area contributed by atoms with E-state index in [0.717, 1.165) is 0 Å². The van der Waals surface area contributed by atoms with Crippen LogP contribution in [0.2, 0.25) is 0 Å². The van der Waals surface area contributed by atoms with Crippen molar-refractivity contribution in [2.45, 2.75) is 69.5 Å². The lowest BCUT2D eigenvalue weighted by molar-refractivity contribution is -0.144. The number of fused-ring (bicyclic) bond motifs is 1. The summed E-state index contributed by atoms with van der Waals surface area (Å²) in [5, 5.41) is 48.9. The molecule has 14 nitrogen and oxygen atoms in total. The molecule has 6 N–H and O–H groups in total. The van der Waals surface area contributed by atoms with E-state index < -0.39 is 49.8 Å². The van der Waals surface area contributed by atoms with Gasteiger partial charge in [0.1, 0.15) is 47.5 Å². The first-order valence-electron chi connectivity index (χ1n) is 13.5. The zero-order valence-electron chi connectivity index (χ0n) is 23.5. The number of aromatic nitrogens is 3. The van der Waals surface area contributed by atoms with Crippen molar-refractivity contribution in [3.63, 3.8) is 0 Å². The van der Waals surface area contributed by atoms with E-state index in [9.17, 15) is 29.9 Å². The van der Waals surface area contributed by atoms with Crippen molar-refractivity contribution < 1.29 is 38.5 Å². The number of aliphatic carboxylic acids is 1. The van der Waals surface area contributed by atoms with Crippen LogP contribution in [-0.4, -0.2) is 66.3 Å². The molecule has 1 fully saturated rings. The second kappa shape index (κ2) is 12.3. The van der Waals surface area contributed by atoms with Crippen LogP contribution in [0.15, 0.2) is 48.8 Å². The molecule has 0 bridgehead atoms. The Kier molecular flexibility index (Phi) is 9.22. The maximum atomic E-state index is 14.2. The molecule has 0 aliphatic carbocycles. The van der Waals surface area contributed by atoms with Gasteiger partial charge in [0, 0.05) is 0 Å². The lowest BCUT2D eigenvalue weighted by atomic mass is 9.87. The van der Waals surface area contributed by atoms with Crippen LogP contribution in [0.1, 0.15) is 45.7 Å². The van der Waals surface area contributed by atoms with Gasteiger partial charge in [0.25, 0.3) is 0 Å². The molecule has 0 spiro atoms. The van der Waals surface area contributed by atoms with Crippen molar-refractivity contribution >= 4 is 25.1 Å². The maximum absolute atomic E-state index is 14.2. The Morgan fingerprint density at radius 1 is 1.29 bits per heavy atom. The summed E-state index contributed by atoms with van der Waals surface area (Å²) in [6, 6.07) is 13.0. The summed E-state index contributed by atoms with van der Waals surface area (Å²) in [5.41, 5.74) is 2.51. The van der Waals surface area contributed by atoms with Crippen LogP contribution in [0.3, 0.4) is 0 Å². The highest BCUT2D eigenvalue weighted by Crippen LogP contribution is 2.49. The number of nitrogens with one attached hydrogen (secondary N) is 1. The van der Waals surface area contributed by atoms with E-state index in [4.69, 9.17) is 19.5 Å². The molecule has 1 saturated heterocycles. The van der Waals surface area contributed by atoms with Gasteiger partial charge in [0.15, 0.2) is 5.82 Å². The third-order valence-corrected chi connectivity index (χ3v) is 9.28. The van der Waals surface area contributed by atoms with Gasteiger partial charge < -0.3 is 30.3 Å². The minimum Gasteiger partial charge on any atom is -0.480 e. The summed E-state index contributed by atoms with van der Waals surface area (Å²) < 4.78 is 32.7. The zero-order chi connectivity index (χ0) is 30.7. The molecule has 1 aliphatic heterocycles. The molecule has 0 saturated carbocycles. The van der Waals surface area contributed by atoms with Gasteiger partial charge in [-0.05, 0) is 43.5 Å². The summed E-state index contributed by atoms with van der Waals surface area (Å²) in [4.78, 5) is 16.3. The normalized spacial score (nSPS) is 25.1. The fourth-order valence-electron chi connectivity index (χ4n) is 5.06. The van der Waals surface area contributed by atoms with Gasteiger partial charge in [-0.25, -0.2) is 14.1 Å². The van der Waals surface area contributed by atoms with Crippen molar-refractivity contribution in [2.24, 2.45) is 5.92 Å². The summed E-state index contributed by atoms with van der Waals surface area (Å²) in [7, 11) is -4.48. The standard InChI is InChI=1S/C27H35N6O8P/c1-4-17(5-2)13-26(3,25(36)37)32-42(38,41-18-9-7-6-8-10-18)39-14-20-22(34)23(35)27(15-28,40-20)21-12-11-19-24(29)30-16-31-33(19)21/h6-12,16-17,20,22-23,34-35H,4-5,13-14H2,1-3H3,(H,32,38)(H,36,37)(H2,29,30,31)/t20-,22-,23-,26+,27+,42+/m1/s1. The molecule has 0 amide bonds. The van der Waals surface area contributed by atoms with Crippen LogP contribution in [-0.2, 0) is 24.2 Å². The van der Waals surface area contributed by atoms with E-state index in [1.54, 1.807) is 18.2 Å². The number of carboxylic acids is 1. The first-order chi connectivity index (χ1) is 19.9.